The van der Waals surface area contributed by atoms with Crippen molar-refractivity contribution in [2.24, 2.45) is 0 Å². The minimum atomic E-state index is 0.132. The maximum absolute atomic E-state index is 12.6. The van der Waals surface area contributed by atoms with Crippen LogP contribution >= 0.6 is 0 Å². The van der Waals surface area contributed by atoms with Crippen LogP contribution in [0.2, 0.25) is 0 Å². The zero-order chi connectivity index (χ0) is 16.9. The number of carbonyl (C=O) groups is 1. The van der Waals surface area contributed by atoms with E-state index in [9.17, 15) is 4.79 Å². The van der Waals surface area contributed by atoms with Crippen molar-refractivity contribution >= 4 is 11.6 Å². The van der Waals surface area contributed by atoms with Gasteiger partial charge in [0.1, 0.15) is 5.75 Å². The summed E-state index contributed by atoms with van der Waals surface area (Å²) in [4.78, 5) is 16.9. The Balaban J connectivity index is 1.60. The molecule has 1 heterocycles. The summed E-state index contributed by atoms with van der Waals surface area (Å²) in [5, 5.41) is 0. The molecular formula is C20H24N2O2. The first-order valence-corrected chi connectivity index (χ1v) is 8.48. The van der Waals surface area contributed by atoms with Crippen molar-refractivity contribution in [2.75, 3.05) is 38.2 Å². The Morgan fingerprint density at radius 2 is 1.58 bits per heavy atom. The van der Waals surface area contributed by atoms with Crippen LogP contribution in [0.4, 0.5) is 5.69 Å². The van der Waals surface area contributed by atoms with Crippen LogP contribution in [0.5, 0.6) is 5.75 Å². The fourth-order valence-electron chi connectivity index (χ4n) is 3.03. The van der Waals surface area contributed by atoms with Gasteiger partial charge in [-0.25, -0.2) is 0 Å². The highest BCUT2D eigenvalue weighted by Gasteiger charge is 2.22. The minimum Gasteiger partial charge on any atom is -0.497 e. The average molecular weight is 324 g/mol. The number of nitrogens with zero attached hydrogens (tertiary/aromatic N) is 2. The highest BCUT2D eigenvalue weighted by molar-refractivity contribution is 5.94. The van der Waals surface area contributed by atoms with E-state index in [1.807, 2.05) is 41.3 Å². The summed E-state index contributed by atoms with van der Waals surface area (Å²) < 4.78 is 5.20. The molecule has 0 unspecified atom stereocenters. The molecule has 0 radical (unpaired) electrons. The monoisotopic (exact) mass is 324 g/mol. The zero-order valence-corrected chi connectivity index (χ0v) is 14.4. The van der Waals surface area contributed by atoms with Crippen LogP contribution in [0.25, 0.3) is 0 Å². The molecule has 1 aliphatic heterocycles. The van der Waals surface area contributed by atoms with E-state index in [-0.39, 0.29) is 5.91 Å². The Labute approximate surface area is 143 Å². The molecule has 0 bridgehead atoms. The maximum atomic E-state index is 12.6. The number of ether oxygens (including phenoxy) is 1. The number of aryl methyl sites for hydroxylation is 1. The van der Waals surface area contributed by atoms with Crippen LogP contribution in [0.15, 0.2) is 48.5 Å². The number of methoxy groups -OCH3 is 1. The van der Waals surface area contributed by atoms with Gasteiger partial charge in [0.25, 0.3) is 5.91 Å². The lowest BCUT2D eigenvalue weighted by atomic mass is 10.1. The molecule has 2 aromatic carbocycles. The Bertz CT molecular complexity index is 672. The fraction of sp³-hybridized carbons (Fsp3) is 0.350. The topological polar surface area (TPSA) is 32.8 Å². The van der Waals surface area contributed by atoms with Gasteiger partial charge in [0.2, 0.25) is 0 Å². The van der Waals surface area contributed by atoms with Gasteiger partial charge in [-0.2, -0.15) is 0 Å². The second-order valence-electron chi connectivity index (χ2n) is 6.03. The molecule has 0 saturated carbocycles. The molecular weight excluding hydrogens is 300 g/mol. The molecule has 1 aliphatic rings. The summed E-state index contributed by atoms with van der Waals surface area (Å²) in [7, 11) is 1.67. The first-order valence-electron chi connectivity index (χ1n) is 8.48. The van der Waals surface area contributed by atoms with Crippen molar-refractivity contribution < 1.29 is 9.53 Å². The van der Waals surface area contributed by atoms with E-state index in [4.69, 9.17) is 4.74 Å². The molecule has 3 rings (SSSR count). The smallest absolute Gasteiger partial charge is 0.253 e. The van der Waals surface area contributed by atoms with Gasteiger partial charge in [0, 0.05) is 37.4 Å². The molecule has 4 nitrogen and oxygen atoms in total. The lowest BCUT2D eigenvalue weighted by Crippen LogP contribution is -2.48. The van der Waals surface area contributed by atoms with Crippen LogP contribution in [0.3, 0.4) is 0 Å². The summed E-state index contributed by atoms with van der Waals surface area (Å²) in [6.45, 7) is 5.33. The normalized spacial score (nSPS) is 14.6. The predicted molar refractivity (Wildman–Crippen MR) is 96.9 cm³/mol. The molecule has 0 atom stereocenters. The Kier molecular flexibility index (Phi) is 5.04. The Morgan fingerprint density at radius 1 is 0.958 bits per heavy atom. The Morgan fingerprint density at radius 3 is 2.12 bits per heavy atom. The number of anilines is 1. The van der Waals surface area contributed by atoms with Gasteiger partial charge in [-0.3, -0.25) is 4.79 Å². The lowest BCUT2D eigenvalue weighted by molar-refractivity contribution is 0.0747. The molecule has 0 aliphatic carbocycles. The highest BCUT2D eigenvalue weighted by Crippen LogP contribution is 2.21. The average Bonchev–Trinajstić information content (AvgIpc) is 2.68. The van der Waals surface area contributed by atoms with Gasteiger partial charge in [0.15, 0.2) is 0 Å². The van der Waals surface area contributed by atoms with Crippen LogP contribution in [0.1, 0.15) is 22.8 Å². The predicted octanol–water partition coefficient (Wildman–Crippen LogP) is 3.22. The molecule has 24 heavy (non-hydrogen) atoms. The third kappa shape index (κ3) is 3.53. The minimum absolute atomic E-state index is 0.132. The van der Waals surface area contributed by atoms with Crippen LogP contribution in [-0.2, 0) is 6.42 Å². The summed E-state index contributed by atoms with van der Waals surface area (Å²) in [6.07, 6.45) is 0.995. The first-order chi connectivity index (χ1) is 11.7. The number of piperazine rings is 1. The van der Waals surface area contributed by atoms with Gasteiger partial charge < -0.3 is 14.5 Å². The highest BCUT2D eigenvalue weighted by atomic mass is 16.5. The summed E-state index contributed by atoms with van der Waals surface area (Å²) >= 11 is 0. The molecule has 0 N–H and O–H groups in total. The van der Waals surface area contributed by atoms with E-state index >= 15 is 0 Å². The number of carbonyl (C=O) groups excluding carboxylic acids is 1. The molecule has 4 heteroatoms. The number of amides is 1. The standard InChI is InChI=1S/C20H24N2O2/c1-3-16-4-6-17(7-5-16)20(23)22-14-12-21(13-15-22)18-8-10-19(24-2)11-9-18/h4-11H,3,12-15H2,1-2H3. The molecule has 1 fully saturated rings. The van der Waals surface area contributed by atoms with E-state index in [1.165, 1.54) is 11.3 Å². The van der Waals surface area contributed by atoms with Crippen molar-refractivity contribution in [3.05, 3.63) is 59.7 Å². The summed E-state index contributed by atoms with van der Waals surface area (Å²) in [5.74, 6) is 0.995. The fourth-order valence-corrected chi connectivity index (χ4v) is 3.03. The van der Waals surface area contributed by atoms with Gasteiger partial charge in [0.05, 0.1) is 7.11 Å². The summed E-state index contributed by atoms with van der Waals surface area (Å²) in [5.41, 5.74) is 3.22. The molecule has 2 aromatic rings. The molecule has 1 saturated heterocycles. The van der Waals surface area contributed by atoms with Crippen molar-refractivity contribution in [3.8, 4) is 5.75 Å². The molecule has 0 spiro atoms. The second-order valence-corrected chi connectivity index (χ2v) is 6.03. The molecule has 0 aromatic heterocycles. The van der Waals surface area contributed by atoms with Gasteiger partial charge in [-0.15, -0.1) is 0 Å². The lowest BCUT2D eigenvalue weighted by Gasteiger charge is -2.36. The van der Waals surface area contributed by atoms with Crippen molar-refractivity contribution in [3.63, 3.8) is 0 Å². The summed E-state index contributed by atoms with van der Waals surface area (Å²) in [6, 6.07) is 16.1. The van der Waals surface area contributed by atoms with Gasteiger partial charge in [-0.1, -0.05) is 19.1 Å². The number of hydrogen-bond acceptors (Lipinski definition) is 3. The van der Waals surface area contributed by atoms with E-state index in [2.05, 4.69) is 24.0 Å². The zero-order valence-electron chi connectivity index (χ0n) is 14.4. The van der Waals surface area contributed by atoms with Crippen molar-refractivity contribution in [2.45, 2.75) is 13.3 Å². The van der Waals surface area contributed by atoms with E-state index < -0.39 is 0 Å². The third-order valence-corrected chi connectivity index (χ3v) is 4.61. The van der Waals surface area contributed by atoms with E-state index in [0.29, 0.717) is 0 Å². The molecule has 1 amide bonds. The van der Waals surface area contributed by atoms with E-state index in [1.54, 1.807) is 7.11 Å². The largest absolute Gasteiger partial charge is 0.497 e. The van der Waals surface area contributed by atoms with E-state index in [0.717, 1.165) is 43.9 Å². The van der Waals surface area contributed by atoms with Crippen LogP contribution < -0.4 is 9.64 Å². The van der Waals surface area contributed by atoms with Gasteiger partial charge >= 0.3 is 0 Å². The first kappa shape index (κ1) is 16.4. The number of hydrogen-bond donors (Lipinski definition) is 0. The quantitative estimate of drug-likeness (QED) is 0.866. The van der Waals surface area contributed by atoms with Crippen molar-refractivity contribution in [1.29, 1.82) is 0 Å². The maximum Gasteiger partial charge on any atom is 0.253 e. The van der Waals surface area contributed by atoms with Crippen LogP contribution in [-0.4, -0.2) is 44.1 Å². The number of benzene rings is 2. The third-order valence-electron chi connectivity index (χ3n) is 4.61. The molecule has 126 valence electrons. The second kappa shape index (κ2) is 7.39. The van der Waals surface area contributed by atoms with Crippen LogP contribution in [0, 0.1) is 0 Å². The number of rotatable bonds is 4. The van der Waals surface area contributed by atoms with Crippen molar-refractivity contribution in [1.82, 2.24) is 4.90 Å². The Hall–Kier alpha value is -2.49. The SMILES string of the molecule is CCc1ccc(C(=O)N2CCN(c3ccc(OC)cc3)CC2)cc1. The van der Waals surface area contributed by atoms with Gasteiger partial charge in [-0.05, 0) is 48.4 Å².